The maximum Gasteiger partial charge on any atom is 0.346 e. The van der Waals surface area contributed by atoms with Gasteiger partial charge >= 0.3 is 5.97 Å². The standard InChI is InChI=1S/C53H38N2O3/c54-37-43(51(56)57)36-52(32-29-40(30-33-52)38-13-5-1-6-14-38)53(44-15-7-2-8-16-44)34-31-49-48-27-23-41(35-42(48)24-28-50(49)58-53)39-21-25-47(26-22-39)55(45-17-9-3-10-18-45)46-19-11-4-12-20-46/h1-32,34-36H,33H2,(H,56,57)/b43-36-. The molecule has 0 aromatic heterocycles. The van der Waals surface area contributed by atoms with Gasteiger partial charge in [0.25, 0.3) is 0 Å². The van der Waals surface area contributed by atoms with E-state index in [1.165, 1.54) is 0 Å². The Bertz CT molecular complexity index is 2760. The smallest absolute Gasteiger partial charge is 0.346 e. The lowest BCUT2D eigenvalue weighted by atomic mass is 9.62. The van der Waals surface area contributed by atoms with Crippen molar-refractivity contribution < 1.29 is 14.6 Å². The molecule has 1 N–H and O–H groups in total. The van der Waals surface area contributed by atoms with Gasteiger partial charge in [0.1, 0.15) is 17.4 Å². The zero-order valence-electron chi connectivity index (χ0n) is 31.6. The third-order valence-electron chi connectivity index (χ3n) is 11.2. The van der Waals surface area contributed by atoms with Crippen molar-refractivity contribution in [3.63, 3.8) is 0 Å². The maximum absolute atomic E-state index is 12.4. The lowest BCUT2D eigenvalue weighted by molar-refractivity contribution is -0.132. The van der Waals surface area contributed by atoms with Crippen LogP contribution in [0.2, 0.25) is 0 Å². The van der Waals surface area contributed by atoms with Crippen molar-refractivity contribution in [3.05, 3.63) is 229 Å². The Morgan fingerprint density at radius 1 is 0.655 bits per heavy atom. The molecule has 1 aliphatic carbocycles. The second-order valence-electron chi connectivity index (χ2n) is 14.6. The van der Waals surface area contributed by atoms with Crippen LogP contribution in [0.3, 0.4) is 0 Å². The summed E-state index contributed by atoms with van der Waals surface area (Å²) in [6.45, 7) is 0. The maximum atomic E-state index is 12.4. The van der Waals surface area contributed by atoms with Crippen LogP contribution in [0.4, 0.5) is 17.1 Å². The fourth-order valence-corrected chi connectivity index (χ4v) is 8.33. The Hall–Kier alpha value is -7.68. The van der Waals surface area contributed by atoms with Gasteiger partial charge in [0, 0.05) is 28.2 Å². The minimum Gasteiger partial charge on any atom is -0.477 e. The van der Waals surface area contributed by atoms with E-state index in [1.54, 1.807) is 6.08 Å². The molecule has 7 aromatic carbocycles. The highest BCUT2D eigenvalue weighted by molar-refractivity contribution is 5.97. The molecule has 0 radical (unpaired) electrons. The van der Waals surface area contributed by atoms with Crippen LogP contribution >= 0.6 is 0 Å². The van der Waals surface area contributed by atoms with E-state index in [0.717, 1.165) is 61.2 Å². The molecular formula is C53H38N2O3. The first-order valence-corrected chi connectivity index (χ1v) is 19.3. The van der Waals surface area contributed by atoms with E-state index >= 15 is 0 Å². The summed E-state index contributed by atoms with van der Waals surface area (Å²) in [5.74, 6) is -0.608. The van der Waals surface area contributed by atoms with Crippen molar-refractivity contribution in [2.24, 2.45) is 5.41 Å². The monoisotopic (exact) mass is 750 g/mol. The number of ether oxygens (including phenoxy) is 1. The number of hydrogen-bond donors (Lipinski definition) is 1. The number of carboxylic acid groups (broad SMARTS) is 1. The Labute approximate surface area is 338 Å². The predicted molar refractivity (Wildman–Crippen MR) is 234 cm³/mol. The van der Waals surface area contributed by atoms with Crippen LogP contribution in [0.15, 0.2) is 212 Å². The predicted octanol–water partition coefficient (Wildman–Crippen LogP) is 12.8. The molecule has 5 heteroatoms. The van der Waals surface area contributed by atoms with Gasteiger partial charge in [-0.25, -0.2) is 4.79 Å². The van der Waals surface area contributed by atoms with E-state index in [0.29, 0.717) is 12.2 Å². The Morgan fingerprint density at radius 3 is 1.86 bits per heavy atom. The molecule has 1 aliphatic heterocycles. The van der Waals surface area contributed by atoms with Crippen molar-refractivity contribution in [2.45, 2.75) is 12.0 Å². The first-order chi connectivity index (χ1) is 28.5. The first kappa shape index (κ1) is 36.0. The number of para-hydroxylation sites is 2. The molecule has 2 aliphatic rings. The van der Waals surface area contributed by atoms with E-state index in [1.807, 2.05) is 103 Å². The van der Waals surface area contributed by atoms with Crippen LogP contribution in [0.25, 0.3) is 33.5 Å². The summed E-state index contributed by atoms with van der Waals surface area (Å²) in [7, 11) is 0. The molecule has 9 rings (SSSR count). The molecule has 5 nitrogen and oxygen atoms in total. The summed E-state index contributed by atoms with van der Waals surface area (Å²) >= 11 is 0. The minimum absolute atomic E-state index is 0.341. The molecule has 2 atom stereocenters. The number of rotatable bonds is 9. The largest absolute Gasteiger partial charge is 0.477 e. The highest BCUT2D eigenvalue weighted by Gasteiger charge is 2.53. The lowest BCUT2D eigenvalue weighted by Gasteiger charge is -2.48. The van der Waals surface area contributed by atoms with Crippen LogP contribution in [-0.2, 0) is 10.4 Å². The molecule has 0 bridgehead atoms. The van der Waals surface area contributed by atoms with Crippen molar-refractivity contribution in [3.8, 4) is 22.9 Å². The van der Waals surface area contributed by atoms with Crippen molar-refractivity contribution in [2.75, 3.05) is 4.90 Å². The van der Waals surface area contributed by atoms with E-state index in [9.17, 15) is 15.2 Å². The number of fused-ring (bicyclic) bond motifs is 3. The molecular weight excluding hydrogens is 713 g/mol. The van der Waals surface area contributed by atoms with E-state index in [-0.39, 0.29) is 5.57 Å². The van der Waals surface area contributed by atoms with Crippen LogP contribution in [0.1, 0.15) is 23.1 Å². The van der Waals surface area contributed by atoms with E-state index in [2.05, 4.69) is 114 Å². The summed E-state index contributed by atoms with van der Waals surface area (Å²) in [6, 6.07) is 61.9. The molecule has 2 unspecified atom stereocenters. The number of carbonyl (C=O) groups is 1. The average Bonchev–Trinajstić information content (AvgIpc) is 3.29. The van der Waals surface area contributed by atoms with Gasteiger partial charge in [-0.2, -0.15) is 5.26 Å². The lowest BCUT2D eigenvalue weighted by Crippen LogP contribution is -2.48. The number of allylic oxidation sites excluding steroid dienone is 3. The summed E-state index contributed by atoms with van der Waals surface area (Å²) in [4.78, 5) is 14.7. The molecule has 0 saturated carbocycles. The van der Waals surface area contributed by atoms with Gasteiger partial charge in [-0.15, -0.1) is 0 Å². The molecule has 7 aromatic rings. The molecule has 0 amide bonds. The second-order valence-corrected chi connectivity index (χ2v) is 14.6. The number of nitrogens with zero attached hydrogens (tertiary/aromatic N) is 2. The van der Waals surface area contributed by atoms with Gasteiger partial charge in [0.2, 0.25) is 0 Å². The normalized spacial score (nSPS) is 18.4. The summed E-state index contributed by atoms with van der Waals surface area (Å²) in [6.07, 6.45) is 12.2. The Morgan fingerprint density at radius 2 is 1.26 bits per heavy atom. The molecule has 0 spiro atoms. The van der Waals surface area contributed by atoms with Crippen molar-refractivity contribution in [1.29, 1.82) is 5.26 Å². The minimum atomic E-state index is -1.28. The van der Waals surface area contributed by atoms with Crippen LogP contribution in [0.5, 0.6) is 5.75 Å². The topological polar surface area (TPSA) is 73.6 Å². The molecule has 1 heterocycles. The van der Waals surface area contributed by atoms with Crippen LogP contribution in [0, 0.1) is 16.7 Å². The van der Waals surface area contributed by atoms with Gasteiger partial charge in [-0.05, 0) is 100 Å². The highest BCUT2D eigenvalue weighted by atomic mass is 16.5. The van der Waals surface area contributed by atoms with Crippen molar-refractivity contribution in [1.82, 2.24) is 0 Å². The fraction of sp³-hybridized carbons (Fsp3) is 0.0566. The third-order valence-corrected chi connectivity index (χ3v) is 11.2. The number of hydrogen-bond acceptors (Lipinski definition) is 4. The number of nitriles is 1. The molecule has 0 fully saturated rings. The van der Waals surface area contributed by atoms with E-state index < -0.39 is 17.0 Å². The number of aliphatic carboxylic acids is 1. The summed E-state index contributed by atoms with van der Waals surface area (Å²) in [5, 5.41) is 22.3. The molecule has 278 valence electrons. The fourth-order valence-electron chi connectivity index (χ4n) is 8.33. The van der Waals surface area contributed by atoms with Crippen molar-refractivity contribution >= 4 is 45.5 Å². The average molecular weight is 751 g/mol. The second kappa shape index (κ2) is 15.1. The molecule has 58 heavy (non-hydrogen) atoms. The first-order valence-electron chi connectivity index (χ1n) is 19.3. The zero-order chi connectivity index (χ0) is 39.5. The number of anilines is 3. The zero-order valence-corrected chi connectivity index (χ0v) is 31.6. The summed E-state index contributed by atoms with van der Waals surface area (Å²) in [5.41, 5.74) is 6.70. The Balaban J connectivity index is 1.10. The van der Waals surface area contributed by atoms with Crippen LogP contribution in [-0.4, -0.2) is 11.1 Å². The van der Waals surface area contributed by atoms with Gasteiger partial charge < -0.3 is 14.7 Å². The summed E-state index contributed by atoms with van der Waals surface area (Å²) < 4.78 is 7.23. The highest BCUT2D eigenvalue weighted by Crippen LogP contribution is 2.55. The Kier molecular flexibility index (Phi) is 9.37. The number of benzene rings is 7. The quantitative estimate of drug-likeness (QED) is 0.117. The SMILES string of the molecule is N#C/C(=C/C1(C2(c3ccccc3)C=Cc3c(ccc4cc(-c5ccc(N(c6ccccc6)c6ccccc6)cc5)ccc34)O2)C=CC(c2ccccc2)=CC1)C(=O)O. The number of carboxylic acids is 1. The van der Waals surface area contributed by atoms with Gasteiger partial charge in [-0.3, -0.25) is 0 Å². The van der Waals surface area contributed by atoms with Gasteiger partial charge in [0.05, 0.1) is 5.41 Å². The van der Waals surface area contributed by atoms with Gasteiger partial charge in [0.15, 0.2) is 5.60 Å². The van der Waals surface area contributed by atoms with E-state index in [4.69, 9.17) is 4.74 Å². The molecule has 0 saturated heterocycles. The van der Waals surface area contributed by atoms with Crippen LogP contribution < -0.4 is 9.64 Å². The third kappa shape index (κ3) is 6.47. The van der Waals surface area contributed by atoms with Gasteiger partial charge in [-0.1, -0.05) is 152 Å².